The molecule has 28 heavy (non-hydrogen) atoms. The van der Waals surface area contributed by atoms with Gasteiger partial charge in [0.05, 0.1) is 16.5 Å². The lowest BCUT2D eigenvalue weighted by molar-refractivity contribution is -0.120. The number of sulfonamides is 1. The fourth-order valence-corrected chi connectivity index (χ4v) is 5.01. The summed E-state index contributed by atoms with van der Waals surface area (Å²) in [6, 6.07) is 8.02. The van der Waals surface area contributed by atoms with Gasteiger partial charge in [-0.1, -0.05) is 11.6 Å². The zero-order valence-electron chi connectivity index (χ0n) is 16.2. The molecule has 3 rings (SSSR count). The van der Waals surface area contributed by atoms with E-state index in [1.807, 2.05) is 26.8 Å². The standard InChI is InChI=1S/C19H25ClN4O3S/c1-13(2)24-18(11-14(3)22-24)21-19(25)15-5-4-10-23(12-15)28(26,27)17-8-6-16(20)7-9-17/h6-9,11,13,15H,4-5,10,12H2,1-3H3,(H,21,25)/t15-/m0/s1. The van der Waals surface area contributed by atoms with Gasteiger partial charge in [-0.05, 0) is 57.9 Å². The molecular formula is C19H25ClN4O3S. The van der Waals surface area contributed by atoms with E-state index in [2.05, 4.69) is 10.4 Å². The number of carbonyl (C=O) groups excluding carboxylic acids is 1. The molecule has 0 aliphatic carbocycles. The fourth-order valence-electron chi connectivity index (χ4n) is 3.36. The Morgan fingerprint density at radius 3 is 2.61 bits per heavy atom. The number of aromatic nitrogens is 2. The summed E-state index contributed by atoms with van der Waals surface area (Å²) in [4.78, 5) is 13.0. The molecule has 1 aromatic carbocycles. The van der Waals surface area contributed by atoms with E-state index in [9.17, 15) is 13.2 Å². The lowest BCUT2D eigenvalue weighted by atomic mass is 9.99. The van der Waals surface area contributed by atoms with Crippen LogP contribution in [0.25, 0.3) is 0 Å². The van der Waals surface area contributed by atoms with E-state index < -0.39 is 15.9 Å². The summed E-state index contributed by atoms with van der Waals surface area (Å²) in [5.74, 6) is 0.0413. The molecule has 1 atom stereocenters. The number of nitrogens with zero attached hydrogens (tertiary/aromatic N) is 3. The summed E-state index contributed by atoms with van der Waals surface area (Å²) in [5, 5.41) is 7.80. The van der Waals surface area contributed by atoms with E-state index in [1.165, 1.54) is 16.4 Å². The number of carbonyl (C=O) groups is 1. The first-order valence-corrected chi connectivity index (χ1v) is 11.1. The highest BCUT2D eigenvalue weighted by molar-refractivity contribution is 7.89. The molecular weight excluding hydrogens is 400 g/mol. The lowest BCUT2D eigenvalue weighted by Crippen LogP contribution is -2.43. The Labute approximate surface area is 170 Å². The van der Waals surface area contributed by atoms with Crippen molar-refractivity contribution in [2.24, 2.45) is 5.92 Å². The molecule has 1 fully saturated rings. The largest absolute Gasteiger partial charge is 0.311 e. The minimum atomic E-state index is -3.66. The molecule has 1 aromatic heterocycles. The molecule has 1 aliphatic heterocycles. The molecule has 0 unspecified atom stereocenters. The van der Waals surface area contributed by atoms with Gasteiger partial charge in [-0.25, -0.2) is 13.1 Å². The highest BCUT2D eigenvalue weighted by Crippen LogP contribution is 2.26. The molecule has 9 heteroatoms. The highest BCUT2D eigenvalue weighted by atomic mass is 35.5. The first-order valence-electron chi connectivity index (χ1n) is 9.31. The summed E-state index contributed by atoms with van der Waals surface area (Å²) in [6.07, 6.45) is 1.28. The number of nitrogens with one attached hydrogen (secondary N) is 1. The van der Waals surface area contributed by atoms with Crippen LogP contribution in [-0.4, -0.2) is 41.5 Å². The van der Waals surface area contributed by atoms with Crippen LogP contribution in [-0.2, 0) is 14.8 Å². The molecule has 1 amide bonds. The maximum absolute atomic E-state index is 12.9. The fraction of sp³-hybridized carbons (Fsp3) is 0.474. The third-order valence-electron chi connectivity index (χ3n) is 4.80. The Bertz CT molecular complexity index is 954. The predicted molar refractivity (Wildman–Crippen MR) is 109 cm³/mol. The summed E-state index contributed by atoms with van der Waals surface area (Å²) in [7, 11) is -3.66. The van der Waals surface area contributed by atoms with Gasteiger partial charge in [0, 0.05) is 30.2 Å². The molecule has 0 radical (unpaired) electrons. The van der Waals surface area contributed by atoms with E-state index in [4.69, 9.17) is 11.6 Å². The summed E-state index contributed by atoms with van der Waals surface area (Å²) < 4.78 is 29.0. The average Bonchev–Trinajstić information content (AvgIpc) is 3.02. The molecule has 1 aliphatic rings. The van der Waals surface area contributed by atoms with E-state index >= 15 is 0 Å². The second kappa shape index (κ2) is 8.23. The van der Waals surface area contributed by atoms with Crippen molar-refractivity contribution in [3.05, 3.63) is 41.0 Å². The van der Waals surface area contributed by atoms with Crippen LogP contribution in [0.3, 0.4) is 0 Å². The molecule has 152 valence electrons. The van der Waals surface area contributed by atoms with Gasteiger partial charge in [-0.3, -0.25) is 4.79 Å². The van der Waals surface area contributed by atoms with Crippen molar-refractivity contribution in [2.45, 2.75) is 44.6 Å². The normalized spacial score (nSPS) is 18.4. The molecule has 0 bridgehead atoms. The summed E-state index contributed by atoms with van der Waals surface area (Å²) >= 11 is 5.86. The van der Waals surface area contributed by atoms with Crippen LogP contribution in [0.15, 0.2) is 35.2 Å². The van der Waals surface area contributed by atoms with Crippen molar-refractivity contribution >= 4 is 33.3 Å². The van der Waals surface area contributed by atoms with Gasteiger partial charge < -0.3 is 5.32 Å². The van der Waals surface area contributed by atoms with Gasteiger partial charge in [0.1, 0.15) is 5.82 Å². The minimum Gasteiger partial charge on any atom is -0.311 e. The van der Waals surface area contributed by atoms with Crippen LogP contribution in [0.1, 0.15) is 38.4 Å². The van der Waals surface area contributed by atoms with Crippen molar-refractivity contribution in [3.63, 3.8) is 0 Å². The minimum absolute atomic E-state index is 0.108. The molecule has 2 heterocycles. The molecule has 7 nitrogen and oxygen atoms in total. The third kappa shape index (κ3) is 4.39. The van der Waals surface area contributed by atoms with Crippen LogP contribution in [0.5, 0.6) is 0 Å². The Morgan fingerprint density at radius 1 is 1.29 bits per heavy atom. The van der Waals surface area contributed by atoms with Gasteiger partial charge in [0.15, 0.2) is 0 Å². The maximum Gasteiger partial charge on any atom is 0.243 e. The Balaban J connectivity index is 1.74. The molecule has 2 aromatic rings. The Hall–Kier alpha value is -1.90. The van der Waals surface area contributed by atoms with Crippen molar-refractivity contribution in [3.8, 4) is 0 Å². The van der Waals surface area contributed by atoms with Crippen LogP contribution < -0.4 is 5.32 Å². The van der Waals surface area contributed by atoms with Gasteiger partial charge in [-0.2, -0.15) is 9.40 Å². The SMILES string of the molecule is Cc1cc(NC(=O)[C@H]2CCCN(S(=O)(=O)c3ccc(Cl)cc3)C2)n(C(C)C)n1. The van der Waals surface area contributed by atoms with Gasteiger partial charge in [0.2, 0.25) is 15.9 Å². The zero-order chi connectivity index (χ0) is 20.5. The Kier molecular flexibility index (Phi) is 6.12. The number of amides is 1. The quantitative estimate of drug-likeness (QED) is 0.796. The summed E-state index contributed by atoms with van der Waals surface area (Å²) in [6.45, 7) is 6.41. The molecule has 1 saturated heterocycles. The number of halogens is 1. The number of benzene rings is 1. The number of hydrogen-bond donors (Lipinski definition) is 1. The van der Waals surface area contributed by atoms with Gasteiger partial charge in [0.25, 0.3) is 0 Å². The van der Waals surface area contributed by atoms with Crippen molar-refractivity contribution in [1.82, 2.24) is 14.1 Å². The maximum atomic E-state index is 12.9. The number of anilines is 1. The predicted octanol–water partition coefficient (Wildman–Crippen LogP) is 3.47. The smallest absolute Gasteiger partial charge is 0.243 e. The molecule has 1 N–H and O–H groups in total. The van der Waals surface area contributed by atoms with Crippen molar-refractivity contribution in [1.29, 1.82) is 0 Å². The van der Waals surface area contributed by atoms with E-state index in [0.717, 1.165) is 5.69 Å². The van der Waals surface area contributed by atoms with Crippen molar-refractivity contribution in [2.75, 3.05) is 18.4 Å². The van der Waals surface area contributed by atoms with Crippen LogP contribution in [0.4, 0.5) is 5.82 Å². The van der Waals surface area contributed by atoms with Crippen LogP contribution in [0.2, 0.25) is 5.02 Å². The monoisotopic (exact) mass is 424 g/mol. The average molecular weight is 425 g/mol. The van der Waals surface area contributed by atoms with E-state index in [1.54, 1.807) is 16.8 Å². The van der Waals surface area contributed by atoms with Crippen LogP contribution >= 0.6 is 11.6 Å². The first kappa shape index (κ1) is 20.8. The third-order valence-corrected chi connectivity index (χ3v) is 6.94. The highest BCUT2D eigenvalue weighted by Gasteiger charge is 2.33. The molecule has 0 spiro atoms. The second-order valence-electron chi connectivity index (χ2n) is 7.35. The van der Waals surface area contributed by atoms with Crippen molar-refractivity contribution < 1.29 is 13.2 Å². The number of hydrogen-bond acceptors (Lipinski definition) is 4. The zero-order valence-corrected chi connectivity index (χ0v) is 17.8. The number of piperidine rings is 1. The number of rotatable bonds is 5. The lowest BCUT2D eigenvalue weighted by Gasteiger charge is -2.31. The summed E-state index contributed by atoms with van der Waals surface area (Å²) in [5.41, 5.74) is 0.819. The van der Waals surface area contributed by atoms with Gasteiger partial charge in [-0.15, -0.1) is 0 Å². The van der Waals surface area contributed by atoms with Crippen LogP contribution in [0, 0.1) is 12.8 Å². The van der Waals surface area contributed by atoms with E-state index in [0.29, 0.717) is 30.2 Å². The second-order valence-corrected chi connectivity index (χ2v) is 9.73. The Morgan fingerprint density at radius 2 is 1.96 bits per heavy atom. The first-order chi connectivity index (χ1) is 13.2. The molecule has 0 saturated carbocycles. The topological polar surface area (TPSA) is 84.3 Å². The van der Waals surface area contributed by atoms with E-state index in [-0.39, 0.29) is 23.4 Å². The van der Waals surface area contributed by atoms with Gasteiger partial charge >= 0.3 is 0 Å². The number of aryl methyl sites for hydroxylation is 1.